The Hall–Kier alpha value is -1.59. The standard InChI is InChI=1S/C14H25N5O/c1-3-9-20-14-18-12(15)17-13(19-14)16-11-8-6-4-5-7-10(11)2/h10-11H,3-9H2,1-2H3,(H3,15,16,17,18,19). The van der Waals surface area contributed by atoms with Crippen LogP contribution in [-0.4, -0.2) is 27.6 Å². The molecular formula is C14H25N5O. The maximum Gasteiger partial charge on any atom is 0.323 e. The molecule has 1 aliphatic carbocycles. The third-order valence-corrected chi connectivity index (χ3v) is 3.74. The normalized spacial score (nSPS) is 23.1. The highest BCUT2D eigenvalue weighted by molar-refractivity contribution is 5.33. The van der Waals surface area contributed by atoms with Gasteiger partial charge in [-0.05, 0) is 25.2 Å². The van der Waals surface area contributed by atoms with Crippen molar-refractivity contribution < 1.29 is 4.74 Å². The molecule has 1 aromatic heterocycles. The zero-order valence-electron chi connectivity index (χ0n) is 12.4. The molecule has 0 aliphatic heterocycles. The average Bonchev–Trinajstić information content (AvgIpc) is 2.61. The zero-order chi connectivity index (χ0) is 14.4. The van der Waals surface area contributed by atoms with Gasteiger partial charge in [-0.15, -0.1) is 0 Å². The molecule has 0 amide bonds. The molecule has 3 N–H and O–H groups in total. The predicted molar refractivity (Wildman–Crippen MR) is 79.7 cm³/mol. The number of anilines is 2. The van der Waals surface area contributed by atoms with Crippen molar-refractivity contribution in [1.29, 1.82) is 0 Å². The molecule has 1 saturated carbocycles. The van der Waals surface area contributed by atoms with Crippen LogP contribution < -0.4 is 15.8 Å². The summed E-state index contributed by atoms with van der Waals surface area (Å²) in [7, 11) is 0. The van der Waals surface area contributed by atoms with Gasteiger partial charge in [0.15, 0.2) is 0 Å². The molecule has 0 spiro atoms. The first-order valence-corrected chi connectivity index (χ1v) is 7.60. The molecule has 1 fully saturated rings. The fourth-order valence-electron chi connectivity index (χ4n) is 2.57. The van der Waals surface area contributed by atoms with E-state index in [1.165, 1.54) is 25.7 Å². The lowest BCUT2D eigenvalue weighted by molar-refractivity contribution is 0.292. The van der Waals surface area contributed by atoms with Crippen LogP contribution in [0.15, 0.2) is 0 Å². The van der Waals surface area contributed by atoms with Crippen LogP contribution in [0.5, 0.6) is 6.01 Å². The summed E-state index contributed by atoms with van der Waals surface area (Å²) in [5.41, 5.74) is 5.72. The van der Waals surface area contributed by atoms with E-state index in [9.17, 15) is 0 Å². The quantitative estimate of drug-likeness (QED) is 0.806. The summed E-state index contributed by atoms with van der Waals surface area (Å²) in [5.74, 6) is 1.35. The summed E-state index contributed by atoms with van der Waals surface area (Å²) in [6, 6.07) is 0.710. The lowest BCUT2D eigenvalue weighted by atomic mass is 9.97. The SMILES string of the molecule is CCCOc1nc(N)nc(NC2CCCCCC2C)n1. The largest absolute Gasteiger partial charge is 0.463 e. The molecule has 1 heterocycles. The maximum absolute atomic E-state index is 5.72. The van der Waals surface area contributed by atoms with Gasteiger partial charge in [0, 0.05) is 6.04 Å². The second-order valence-corrected chi connectivity index (χ2v) is 5.51. The monoisotopic (exact) mass is 279 g/mol. The summed E-state index contributed by atoms with van der Waals surface area (Å²) in [6.07, 6.45) is 7.18. The number of nitrogens with two attached hydrogens (primary N) is 1. The van der Waals surface area contributed by atoms with Crippen molar-refractivity contribution in [3.05, 3.63) is 0 Å². The fourth-order valence-corrected chi connectivity index (χ4v) is 2.57. The van der Waals surface area contributed by atoms with E-state index in [1.54, 1.807) is 0 Å². The van der Waals surface area contributed by atoms with E-state index < -0.39 is 0 Å². The van der Waals surface area contributed by atoms with Gasteiger partial charge in [-0.2, -0.15) is 15.0 Å². The molecule has 6 nitrogen and oxygen atoms in total. The van der Waals surface area contributed by atoms with Gasteiger partial charge in [0.25, 0.3) is 0 Å². The molecule has 20 heavy (non-hydrogen) atoms. The van der Waals surface area contributed by atoms with Crippen molar-refractivity contribution in [1.82, 2.24) is 15.0 Å². The van der Waals surface area contributed by atoms with E-state index in [2.05, 4.69) is 27.2 Å². The van der Waals surface area contributed by atoms with Crippen molar-refractivity contribution in [3.8, 4) is 6.01 Å². The molecule has 2 rings (SSSR count). The van der Waals surface area contributed by atoms with Crippen LogP contribution in [0.1, 0.15) is 52.4 Å². The smallest absolute Gasteiger partial charge is 0.323 e. The number of hydrogen-bond donors (Lipinski definition) is 2. The van der Waals surface area contributed by atoms with E-state index in [1.807, 2.05) is 6.92 Å². The molecule has 0 bridgehead atoms. The van der Waals surface area contributed by atoms with Crippen LogP contribution in [0.3, 0.4) is 0 Å². The van der Waals surface area contributed by atoms with E-state index in [0.29, 0.717) is 30.5 Å². The van der Waals surface area contributed by atoms with Crippen LogP contribution in [-0.2, 0) is 0 Å². The fraction of sp³-hybridized carbons (Fsp3) is 0.786. The number of nitrogen functional groups attached to an aromatic ring is 1. The topological polar surface area (TPSA) is 86.0 Å². The van der Waals surface area contributed by atoms with Gasteiger partial charge in [0.05, 0.1) is 6.61 Å². The Morgan fingerprint density at radius 1 is 1.20 bits per heavy atom. The Balaban J connectivity index is 2.05. The van der Waals surface area contributed by atoms with E-state index in [0.717, 1.165) is 12.8 Å². The number of nitrogens with one attached hydrogen (secondary N) is 1. The lowest BCUT2D eigenvalue weighted by Gasteiger charge is -2.22. The predicted octanol–water partition coefficient (Wildman–Crippen LogP) is 2.62. The van der Waals surface area contributed by atoms with E-state index in [-0.39, 0.29) is 5.95 Å². The van der Waals surface area contributed by atoms with Gasteiger partial charge in [0.2, 0.25) is 11.9 Å². The Bertz CT molecular complexity index is 426. The number of nitrogens with zero attached hydrogens (tertiary/aromatic N) is 3. The molecule has 112 valence electrons. The molecule has 1 aliphatic rings. The first kappa shape index (κ1) is 14.8. The zero-order valence-corrected chi connectivity index (χ0v) is 12.4. The highest BCUT2D eigenvalue weighted by Gasteiger charge is 2.21. The summed E-state index contributed by atoms with van der Waals surface area (Å²) < 4.78 is 5.44. The van der Waals surface area contributed by atoms with Gasteiger partial charge in [0.1, 0.15) is 0 Å². The Labute approximate surface area is 120 Å². The first-order valence-electron chi connectivity index (χ1n) is 7.60. The molecule has 1 aromatic rings. The minimum Gasteiger partial charge on any atom is -0.463 e. The molecule has 0 saturated heterocycles. The van der Waals surface area contributed by atoms with Crippen molar-refractivity contribution >= 4 is 11.9 Å². The third kappa shape index (κ3) is 4.21. The van der Waals surface area contributed by atoms with Gasteiger partial charge in [-0.1, -0.05) is 33.1 Å². The van der Waals surface area contributed by atoms with Crippen LogP contribution >= 0.6 is 0 Å². The van der Waals surface area contributed by atoms with E-state index in [4.69, 9.17) is 10.5 Å². The second kappa shape index (κ2) is 7.26. The molecule has 2 unspecified atom stereocenters. The molecule has 0 aromatic carbocycles. The van der Waals surface area contributed by atoms with E-state index >= 15 is 0 Å². The molecule has 0 radical (unpaired) electrons. The number of ether oxygens (including phenoxy) is 1. The maximum atomic E-state index is 5.72. The summed E-state index contributed by atoms with van der Waals surface area (Å²) in [5, 5.41) is 3.41. The molecular weight excluding hydrogens is 254 g/mol. The van der Waals surface area contributed by atoms with Crippen molar-refractivity contribution in [2.24, 2.45) is 5.92 Å². The van der Waals surface area contributed by atoms with Gasteiger partial charge < -0.3 is 15.8 Å². The average molecular weight is 279 g/mol. The van der Waals surface area contributed by atoms with Crippen molar-refractivity contribution in [2.75, 3.05) is 17.7 Å². The minimum atomic E-state index is 0.204. The first-order chi connectivity index (χ1) is 9.69. The van der Waals surface area contributed by atoms with Crippen molar-refractivity contribution in [3.63, 3.8) is 0 Å². The van der Waals surface area contributed by atoms with Crippen LogP contribution in [0, 0.1) is 5.92 Å². The number of hydrogen-bond acceptors (Lipinski definition) is 6. The van der Waals surface area contributed by atoms with Gasteiger partial charge in [-0.25, -0.2) is 0 Å². The van der Waals surface area contributed by atoms with Gasteiger partial charge >= 0.3 is 6.01 Å². The number of rotatable bonds is 5. The summed E-state index contributed by atoms with van der Waals surface area (Å²) in [4.78, 5) is 12.5. The Morgan fingerprint density at radius 2 is 2.00 bits per heavy atom. The highest BCUT2D eigenvalue weighted by Crippen LogP contribution is 2.25. The third-order valence-electron chi connectivity index (χ3n) is 3.74. The molecule has 2 atom stereocenters. The van der Waals surface area contributed by atoms with Crippen LogP contribution in [0.2, 0.25) is 0 Å². The lowest BCUT2D eigenvalue weighted by Crippen LogP contribution is -2.27. The van der Waals surface area contributed by atoms with Crippen LogP contribution in [0.25, 0.3) is 0 Å². The summed E-state index contributed by atoms with van der Waals surface area (Å²) >= 11 is 0. The summed E-state index contributed by atoms with van der Waals surface area (Å²) in [6.45, 7) is 4.90. The van der Waals surface area contributed by atoms with Crippen LogP contribution in [0.4, 0.5) is 11.9 Å². The highest BCUT2D eigenvalue weighted by atomic mass is 16.5. The Kier molecular flexibility index (Phi) is 5.38. The van der Waals surface area contributed by atoms with Crippen molar-refractivity contribution in [2.45, 2.75) is 58.4 Å². The molecule has 6 heteroatoms. The second-order valence-electron chi connectivity index (χ2n) is 5.51. The Morgan fingerprint density at radius 3 is 2.80 bits per heavy atom. The number of aromatic nitrogens is 3. The minimum absolute atomic E-state index is 0.204. The van der Waals surface area contributed by atoms with Gasteiger partial charge in [-0.3, -0.25) is 0 Å².